The molecule has 2 N–H and O–H groups in total. The molecule has 2 aromatic heterocycles. The van der Waals surface area contributed by atoms with Crippen LogP contribution in [-0.4, -0.2) is 19.9 Å². The topological polar surface area (TPSA) is 67.0 Å². The van der Waals surface area contributed by atoms with Crippen molar-refractivity contribution < 1.29 is 9.52 Å². The molecule has 23 heavy (non-hydrogen) atoms. The van der Waals surface area contributed by atoms with Crippen LogP contribution in [0, 0.1) is 4.77 Å². The molecule has 114 valence electrons. The highest BCUT2D eigenvalue weighted by Gasteiger charge is 2.15. The molecule has 0 aliphatic rings. The van der Waals surface area contributed by atoms with E-state index in [2.05, 4.69) is 10.2 Å². The third-order valence-electron chi connectivity index (χ3n) is 3.76. The minimum Gasteiger partial charge on any atom is -0.507 e. The zero-order chi connectivity index (χ0) is 15.8. The maximum atomic E-state index is 10.4. The molecule has 0 unspecified atom stereocenters. The fraction of sp³-hybridized carbons (Fsp3) is 0.0588. The average molecular weight is 323 g/mol. The first-order valence-electron chi connectivity index (χ1n) is 7.12. The molecule has 0 saturated carbocycles. The van der Waals surface area contributed by atoms with Gasteiger partial charge in [-0.3, -0.25) is 9.67 Å². The summed E-state index contributed by atoms with van der Waals surface area (Å²) >= 11 is 5.31. The molecule has 0 fully saturated rings. The Labute approximate surface area is 136 Å². The summed E-state index contributed by atoms with van der Waals surface area (Å²) in [5.74, 6) is 1.51. The summed E-state index contributed by atoms with van der Waals surface area (Å²) in [4.78, 5) is 0. The largest absolute Gasteiger partial charge is 0.507 e. The highest BCUT2D eigenvalue weighted by Crippen LogP contribution is 2.32. The third-order valence-corrected chi connectivity index (χ3v) is 4.07. The van der Waals surface area contributed by atoms with Crippen LogP contribution in [-0.2, 0) is 6.54 Å². The Kier molecular flexibility index (Phi) is 3.24. The van der Waals surface area contributed by atoms with E-state index in [-0.39, 0.29) is 5.75 Å². The van der Waals surface area contributed by atoms with Crippen LogP contribution >= 0.6 is 12.2 Å². The summed E-state index contributed by atoms with van der Waals surface area (Å²) in [7, 11) is 0. The van der Waals surface area contributed by atoms with E-state index in [9.17, 15) is 5.11 Å². The van der Waals surface area contributed by atoms with Crippen LogP contribution in [0.15, 0.2) is 59.2 Å². The van der Waals surface area contributed by atoms with E-state index in [1.807, 2.05) is 42.5 Å². The zero-order valence-electron chi connectivity index (χ0n) is 12.1. The number of H-pyrrole nitrogens is 1. The Morgan fingerprint density at radius 2 is 1.91 bits per heavy atom. The van der Waals surface area contributed by atoms with Gasteiger partial charge in [-0.15, -0.1) is 0 Å². The summed E-state index contributed by atoms with van der Waals surface area (Å²) in [6.07, 6.45) is 1.62. The Hall–Kier alpha value is -2.86. The Bertz CT molecular complexity index is 1030. The lowest BCUT2D eigenvalue weighted by atomic mass is 10.1. The van der Waals surface area contributed by atoms with Crippen LogP contribution in [0.1, 0.15) is 5.76 Å². The number of nitrogens with one attached hydrogen (secondary N) is 1. The van der Waals surface area contributed by atoms with Gasteiger partial charge < -0.3 is 9.52 Å². The van der Waals surface area contributed by atoms with Gasteiger partial charge in [0.1, 0.15) is 11.5 Å². The van der Waals surface area contributed by atoms with Gasteiger partial charge in [0.2, 0.25) is 0 Å². The molecule has 4 rings (SSSR count). The SMILES string of the molecule is Oc1cc2ccccc2cc1-c1n[nH]c(=S)n1Cc1ccco1. The fourth-order valence-corrected chi connectivity index (χ4v) is 2.83. The minimum atomic E-state index is 0.165. The molecule has 0 atom stereocenters. The maximum Gasteiger partial charge on any atom is 0.195 e. The molecule has 2 aromatic carbocycles. The maximum absolute atomic E-state index is 10.4. The Morgan fingerprint density at radius 1 is 1.13 bits per heavy atom. The van der Waals surface area contributed by atoms with Gasteiger partial charge in [-0.2, -0.15) is 5.10 Å². The van der Waals surface area contributed by atoms with E-state index in [1.165, 1.54) is 0 Å². The first-order chi connectivity index (χ1) is 11.2. The van der Waals surface area contributed by atoms with Gasteiger partial charge in [0, 0.05) is 0 Å². The Morgan fingerprint density at radius 3 is 2.65 bits per heavy atom. The number of fused-ring (bicyclic) bond motifs is 1. The van der Waals surface area contributed by atoms with E-state index >= 15 is 0 Å². The monoisotopic (exact) mass is 323 g/mol. The van der Waals surface area contributed by atoms with Crippen LogP contribution in [0.25, 0.3) is 22.2 Å². The number of hydrogen-bond acceptors (Lipinski definition) is 4. The number of aromatic hydroxyl groups is 1. The number of aromatic amines is 1. The van der Waals surface area contributed by atoms with Gasteiger partial charge in [0.15, 0.2) is 10.6 Å². The number of rotatable bonds is 3. The molecule has 0 saturated heterocycles. The average Bonchev–Trinajstić information content (AvgIpc) is 3.18. The van der Waals surface area contributed by atoms with E-state index in [1.54, 1.807) is 16.9 Å². The lowest BCUT2D eigenvalue weighted by Gasteiger charge is -2.08. The molecule has 5 nitrogen and oxygen atoms in total. The van der Waals surface area contributed by atoms with Crippen molar-refractivity contribution in [2.45, 2.75) is 6.54 Å². The van der Waals surface area contributed by atoms with E-state index in [0.29, 0.717) is 22.7 Å². The van der Waals surface area contributed by atoms with E-state index in [0.717, 1.165) is 16.5 Å². The van der Waals surface area contributed by atoms with Gasteiger partial charge in [-0.25, -0.2) is 0 Å². The van der Waals surface area contributed by atoms with Gasteiger partial charge in [-0.05, 0) is 47.3 Å². The van der Waals surface area contributed by atoms with Gasteiger partial charge in [0.05, 0.1) is 18.4 Å². The molecule has 0 radical (unpaired) electrons. The summed E-state index contributed by atoms with van der Waals surface area (Å²) in [6, 6.07) is 15.2. The normalized spacial score (nSPS) is 11.1. The highest BCUT2D eigenvalue weighted by atomic mass is 32.1. The van der Waals surface area contributed by atoms with Crippen LogP contribution in [0.3, 0.4) is 0 Å². The standard InChI is InChI=1S/C17H13N3O2S/c21-15-9-12-5-2-1-4-11(12)8-14(15)16-18-19-17(23)20(16)10-13-6-3-7-22-13/h1-9,21H,10H2,(H,19,23). The number of nitrogens with zero attached hydrogens (tertiary/aromatic N) is 2. The van der Waals surface area contributed by atoms with Gasteiger partial charge in [-0.1, -0.05) is 24.3 Å². The summed E-state index contributed by atoms with van der Waals surface area (Å²) in [5, 5.41) is 19.5. The quantitative estimate of drug-likeness (QED) is 0.557. The van der Waals surface area contributed by atoms with Crippen molar-refractivity contribution in [1.82, 2.24) is 14.8 Å². The molecular weight excluding hydrogens is 310 g/mol. The zero-order valence-corrected chi connectivity index (χ0v) is 12.9. The van der Waals surface area contributed by atoms with Crippen LogP contribution < -0.4 is 0 Å². The molecule has 0 amide bonds. The summed E-state index contributed by atoms with van der Waals surface area (Å²) < 4.78 is 7.66. The van der Waals surface area contributed by atoms with E-state index in [4.69, 9.17) is 16.6 Å². The number of aromatic nitrogens is 3. The fourth-order valence-electron chi connectivity index (χ4n) is 2.64. The van der Waals surface area contributed by atoms with Crippen LogP contribution in [0.2, 0.25) is 0 Å². The molecule has 0 bridgehead atoms. The lowest BCUT2D eigenvalue weighted by Crippen LogP contribution is -2.01. The second-order valence-electron chi connectivity index (χ2n) is 5.23. The number of phenolic OH excluding ortho intramolecular Hbond substituents is 1. The van der Waals surface area contributed by atoms with E-state index < -0.39 is 0 Å². The van der Waals surface area contributed by atoms with Crippen LogP contribution in [0.4, 0.5) is 0 Å². The number of benzene rings is 2. The summed E-state index contributed by atoms with van der Waals surface area (Å²) in [5.41, 5.74) is 0.627. The second kappa shape index (κ2) is 5.40. The molecule has 6 heteroatoms. The molecule has 0 aliphatic carbocycles. The van der Waals surface area contributed by atoms with Crippen molar-refractivity contribution in [2.75, 3.05) is 0 Å². The second-order valence-corrected chi connectivity index (χ2v) is 5.62. The highest BCUT2D eigenvalue weighted by molar-refractivity contribution is 7.71. The third kappa shape index (κ3) is 2.43. The van der Waals surface area contributed by atoms with Crippen LogP contribution in [0.5, 0.6) is 5.75 Å². The van der Waals surface area contributed by atoms with Crippen molar-refractivity contribution in [3.8, 4) is 17.1 Å². The lowest BCUT2D eigenvalue weighted by molar-refractivity contribution is 0.475. The van der Waals surface area contributed by atoms with Gasteiger partial charge in [0.25, 0.3) is 0 Å². The molecule has 4 aromatic rings. The predicted molar refractivity (Wildman–Crippen MR) is 89.8 cm³/mol. The minimum absolute atomic E-state index is 0.165. The Balaban J connectivity index is 1.88. The van der Waals surface area contributed by atoms with Gasteiger partial charge >= 0.3 is 0 Å². The van der Waals surface area contributed by atoms with Crippen molar-refractivity contribution in [3.63, 3.8) is 0 Å². The number of hydrogen-bond donors (Lipinski definition) is 2. The number of furan rings is 1. The smallest absolute Gasteiger partial charge is 0.195 e. The summed E-state index contributed by atoms with van der Waals surface area (Å²) in [6.45, 7) is 0.448. The predicted octanol–water partition coefficient (Wildman–Crippen LogP) is 4.11. The van der Waals surface area contributed by atoms with Crippen molar-refractivity contribution >= 4 is 23.0 Å². The first kappa shape index (κ1) is 13.8. The molecular formula is C17H13N3O2S. The van der Waals surface area contributed by atoms with Crippen molar-refractivity contribution in [2.24, 2.45) is 0 Å². The molecule has 0 spiro atoms. The van der Waals surface area contributed by atoms with Crippen molar-refractivity contribution in [1.29, 1.82) is 0 Å². The molecule has 2 heterocycles. The first-order valence-corrected chi connectivity index (χ1v) is 7.53. The number of phenols is 1. The van der Waals surface area contributed by atoms with Crippen molar-refractivity contribution in [3.05, 3.63) is 65.3 Å². The molecule has 0 aliphatic heterocycles.